The summed E-state index contributed by atoms with van der Waals surface area (Å²) in [7, 11) is 0. The molecule has 1 aliphatic rings. The normalized spacial score (nSPS) is 13.8. The second-order valence-electron chi connectivity index (χ2n) is 5.13. The number of aryl methyl sites for hydroxylation is 1. The van der Waals surface area contributed by atoms with Gasteiger partial charge in [0.15, 0.2) is 0 Å². The van der Waals surface area contributed by atoms with Gasteiger partial charge in [0, 0.05) is 18.7 Å². The van der Waals surface area contributed by atoms with Crippen molar-refractivity contribution in [2.75, 3.05) is 6.54 Å². The Balaban J connectivity index is 1.76. The Morgan fingerprint density at radius 3 is 3.10 bits per heavy atom. The van der Waals surface area contributed by atoms with Crippen molar-refractivity contribution >= 4 is 17.2 Å². The Hall–Kier alpha value is -1.65. The molecular formula is C16H18N2OS. The fourth-order valence-corrected chi connectivity index (χ4v) is 3.44. The Morgan fingerprint density at radius 2 is 2.30 bits per heavy atom. The van der Waals surface area contributed by atoms with Gasteiger partial charge >= 0.3 is 0 Å². The first kappa shape index (κ1) is 13.3. The van der Waals surface area contributed by atoms with E-state index in [0.717, 1.165) is 25.1 Å². The zero-order valence-corrected chi connectivity index (χ0v) is 12.3. The van der Waals surface area contributed by atoms with Crippen LogP contribution in [0.1, 0.15) is 32.6 Å². The predicted molar refractivity (Wildman–Crippen MR) is 82.1 cm³/mol. The molecular weight excluding hydrogens is 268 g/mol. The summed E-state index contributed by atoms with van der Waals surface area (Å²) in [5.74, 6) is 0.0364. The number of benzene rings is 1. The molecule has 1 aromatic heterocycles. The molecule has 0 bridgehead atoms. The molecule has 0 spiro atoms. The van der Waals surface area contributed by atoms with E-state index < -0.39 is 0 Å². The highest BCUT2D eigenvalue weighted by Gasteiger charge is 2.17. The Kier molecular flexibility index (Phi) is 3.85. The maximum atomic E-state index is 12.4. The van der Waals surface area contributed by atoms with Crippen molar-refractivity contribution < 1.29 is 4.79 Å². The molecule has 2 aromatic rings. The second-order valence-corrected chi connectivity index (χ2v) is 5.88. The summed E-state index contributed by atoms with van der Waals surface area (Å²) in [5, 5.41) is 10.6. The van der Waals surface area contributed by atoms with E-state index in [1.807, 2.05) is 12.1 Å². The first-order chi connectivity index (χ1) is 9.75. The lowest BCUT2D eigenvalue weighted by molar-refractivity contribution is 0.0949. The third kappa shape index (κ3) is 2.62. The zero-order chi connectivity index (χ0) is 13.9. The van der Waals surface area contributed by atoms with Gasteiger partial charge in [0.1, 0.15) is 0 Å². The third-order valence-electron chi connectivity index (χ3n) is 3.79. The van der Waals surface area contributed by atoms with E-state index in [-0.39, 0.29) is 5.91 Å². The molecule has 3 nitrogen and oxygen atoms in total. The highest BCUT2D eigenvalue weighted by Crippen LogP contribution is 2.19. The van der Waals surface area contributed by atoms with Gasteiger partial charge in [-0.3, -0.25) is 4.79 Å². The zero-order valence-electron chi connectivity index (χ0n) is 11.5. The maximum Gasteiger partial charge on any atom is 0.251 e. The topological polar surface area (TPSA) is 41.1 Å². The van der Waals surface area contributed by atoms with Crippen LogP contribution in [0.4, 0.5) is 0 Å². The van der Waals surface area contributed by atoms with Gasteiger partial charge in [-0.25, -0.2) is 0 Å². The summed E-state index contributed by atoms with van der Waals surface area (Å²) in [6.07, 6.45) is 0.927. The lowest BCUT2D eigenvalue weighted by atomic mass is 9.95. The van der Waals surface area contributed by atoms with E-state index >= 15 is 0 Å². The number of rotatable bonds is 3. The van der Waals surface area contributed by atoms with Crippen molar-refractivity contribution in [3.05, 3.63) is 56.8 Å². The van der Waals surface area contributed by atoms with Crippen molar-refractivity contribution in [1.29, 1.82) is 0 Å². The average Bonchev–Trinajstić information content (AvgIpc) is 2.89. The van der Waals surface area contributed by atoms with Crippen LogP contribution in [0.3, 0.4) is 0 Å². The number of amides is 1. The first-order valence-corrected chi connectivity index (χ1v) is 7.81. The number of hydrogen-bond donors (Lipinski definition) is 2. The van der Waals surface area contributed by atoms with E-state index in [1.54, 1.807) is 11.3 Å². The van der Waals surface area contributed by atoms with Crippen LogP contribution in [0.25, 0.3) is 0 Å². The molecule has 1 aromatic carbocycles. The van der Waals surface area contributed by atoms with E-state index in [1.165, 1.54) is 22.3 Å². The molecule has 1 aliphatic heterocycles. The summed E-state index contributed by atoms with van der Waals surface area (Å²) in [6, 6.07) is 6.00. The minimum atomic E-state index is 0.0364. The van der Waals surface area contributed by atoms with Crippen LogP contribution in [0.15, 0.2) is 29.0 Å². The van der Waals surface area contributed by atoms with E-state index in [2.05, 4.69) is 34.4 Å². The molecule has 4 heteroatoms. The largest absolute Gasteiger partial charge is 0.348 e. The summed E-state index contributed by atoms with van der Waals surface area (Å²) in [5.41, 5.74) is 5.72. The smallest absolute Gasteiger partial charge is 0.251 e. The Bertz CT molecular complexity index is 633. The number of fused-ring (bicyclic) bond motifs is 1. The fraction of sp³-hybridized carbons (Fsp3) is 0.312. The lowest BCUT2D eigenvalue weighted by Crippen LogP contribution is -2.29. The first-order valence-electron chi connectivity index (χ1n) is 6.87. The molecule has 0 saturated carbocycles. The highest BCUT2D eigenvalue weighted by atomic mass is 32.1. The molecule has 0 unspecified atom stereocenters. The number of thiophene rings is 1. The number of nitrogens with one attached hydrogen (secondary N) is 2. The average molecular weight is 286 g/mol. The van der Waals surface area contributed by atoms with Gasteiger partial charge in [0.2, 0.25) is 0 Å². The third-order valence-corrected chi connectivity index (χ3v) is 4.70. The minimum absolute atomic E-state index is 0.0364. The predicted octanol–water partition coefficient (Wildman–Crippen LogP) is 2.63. The van der Waals surface area contributed by atoms with Gasteiger partial charge in [-0.15, -0.1) is 0 Å². The van der Waals surface area contributed by atoms with Crippen LogP contribution >= 0.6 is 11.3 Å². The van der Waals surface area contributed by atoms with Crippen molar-refractivity contribution in [3.63, 3.8) is 0 Å². The van der Waals surface area contributed by atoms with Crippen molar-refractivity contribution in [1.82, 2.24) is 10.6 Å². The second kappa shape index (κ2) is 5.77. The summed E-state index contributed by atoms with van der Waals surface area (Å²) in [4.78, 5) is 12.4. The molecule has 0 aliphatic carbocycles. The van der Waals surface area contributed by atoms with Crippen molar-refractivity contribution in [2.24, 2.45) is 0 Å². The molecule has 0 saturated heterocycles. The van der Waals surface area contributed by atoms with Crippen LogP contribution in [-0.2, 0) is 19.5 Å². The molecule has 0 atom stereocenters. The number of carbonyl (C=O) groups excluding carboxylic acids is 1. The molecule has 104 valence electrons. The molecule has 2 N–H and O–H groups in total. The highest BCUT2D eigenvalue weighted by molar-refractivity contribution is 7.08. The summed E-state index contributed by atoms with van der Waals surface area (Å²) in [6.45, 7) is 4.49. The van der Waals surface area contributed by atoms with Crippen LogP contribution in [0, 0.1) is 6.92 Å². The summed E-state index contributed by atoms with van der Waals surface area (Å²) >= 11 is 1.68. The monoisotopic (exact) mass is 286 g/mol. The number of carbonyl (C=O) groups is 1. The maximum absolute atomic E-state index is 12.4. The molecule has 0 radical (unpaired) electrons. The minimum Gasteiger partial charge on any atom is -0.348 e. The van der Waals surface area contributed by atoms with Gasteiger partial charge in [0.05, 0.1) is 0 Å². The summed E-state index contributed by atoms with van der Waals surface area (Å²) < 4.78 is 0. The van der Waals surface area contributed by atoms with Crippen LogP contribution in [0.5, 0.6) is 0 Å². The SMILES string of the molecule is Cc1cscc1CNC(=O)c1cccc2c1CCNC2. The van der Waals surface area contributed by atoms with Crippen molar-refractivity contribution in [2.45, 2.75) is 26.4 Å². The van der Waals surface area contributed by atoms with E-state index in [9.17, 15) is 4.79 Å². The molecule has 0 fully saturated rings. The molecule has 3 rings (SSSR count). The molecule has 1 amide bonds. The quantitative estimate of drug-likeness (QED) is 0.910. The van der Waals surface area contributed by atoms with E-state index in [4.69, 9.17) is 0 Å². The van der Waals surface area contributed by atoms with Crippen LogP contribution in [-0.4, -0.2) is 12.5 Å². The van der Waals surface area contributed by atoms with Gasteiger partial charge in [-0.2, -0.15) is 11.3 Å². The van der Waals surface area contributed by atoms with Gasteiger partial charge in [-0.1, -0.05) is 12.1 Å². The van der Waals surface area contributed by atoms with Crippen LogP contribution in [0.2, 0.25) is 0 Å². The molecule has 2 heterocycles. The Labute approximate surface area is 123 Å². The fourth-order valence-electron chi connectivity index (χ4n) is 2.58. The van der Waals surface area contributed by atoms with Crippen molar-refractivity contribution in [3.8, 4) is 0 Å². The lowest BCUT2D eigenvalue weighted by Gasteiger charge is -2.20. The van der Waals surface area contributed by atoms with Crippen LogP contribution < -0.4 is 10.6 Å². The van der Waals surface area contributed by atoms with Gasteiger partial charge < -0.3 is 10.6 Å². The van der Waals surface area contributed by atoms with Gasteiger partial charge in [0.25, 0.3) is 5.91 Å². The van der Waals surface area contributed by atoms with Gasteiger partial charge in [-0.05, 0) is 59.0 Å². The number of hydrogen-bond acceptors (Lipinski definition) is 3. The van der Waals surface area contributed by atoms with E-state index in [0.29, 0.717) is 6.54 Å². The molecule has 20 heavy (non-hydrogen) atoms. The Morgan fingerprint density at radius 1 is 1.40 bits per heavy atom. The standard InChI is InChI=1S/C16H18N2OS/c1-11-9-20-10-13(11)8-18-16(19)15-4-2-3-12-7-17-6-5-14(12)15/h2-4,9-10,17H,5-8H2,1H3,(H,18,19).